The summed E-state index contributed by atoms with van der Waals surface area (Å²) < 4.78 is 4.78. The molecule has 1 heterocycles. The number of cyclic esters (lactones) is 1. The fourth-order valence-corrected chi connectivity index (χ4v) is 1.21. The van der Waals surface area contributed by atoms with Gasteiger partial charge in [0.2, 0.25) is 0 Å². The van der Waals surface area contributed by atoms with Crippen LogP contribution in [0.15, 0.2) is 0 Å². The van der Waals surface area contributed by atoms with Gasteiger partial charge in [0.25, 0.3) is 0 Å². The van der Waals surface area contributed by atoms with Crippen LogP contribution in [-0.4, -0.2) is 21.9 Å². The second kappa shape index (κ2) is 1.66. The van der Waals surface area contributed by atoms with Crippen LogP contribution in [0, 0.1) is 0 Å². The van der Waals surface area contributed by atoms with Gasteiger partial charge in [-0.05, 0) is 6.42 Å². The third-order valence-electron chi connectivity index (χ3n) is 1.09. The van der Waals surface area contributed by atoms with Gasteiger partial charge in [-0.2, -0.15) is 0 Å². The zero-order chi connectivity index (χ0) is 5.28. The lowest BCUT2D eigenvalue weighted by Crippen LogP contribution is -2.04. The number of hydrogen-bond acceptors (Lipinski definition) is 2. The number of rotatable bonds is 0. The average molecular weight is 116 g/mol. The van der Waals surface area contributed by atoms with E-state index >= 15 is 0 Å². The molecule has 40 valence electrons. The zero-order valence-corrected chi connectivity index (χ0v) is 6.31. The van der Waals surface area contributed by atoms with Crippen LogP contribution < -0.4 is 0 Å². The number of ether oxygens (including phenoxy) is 1. The first-order valence-corrected chi connectivity index (χ1v) is 3.64. The molecular weight excluding hydrogens is 108 g/mol. The summed E-state index contributed by atoms with van der Waals surface area (Å²) >= 11 is 0. The summed E-state index contributed by atoms with van der Waals surface area (Å²) in [6.07, 6.45) is 1.61. The van der Waals surface area contributed by atoms with Crippen molar-refractivity contribution in [1.82, 2.24) is 0 Å². The highest BCUT2D eigenvalue weighted by molar-refractivity contribution is 6.12. The van der Waals surface area contributed by atoms with Crippen LogP contribution in [0.3, 0.4) is 0 Å². The molecule has 1 aliphatic rings. The van der Waals surface area contributed by atoms with Crippen molar-refractivity contribution in [2.75, 3.05) is 0 Å². The maximum atomic E-state index is 10.3. The van der Waals surface area contributed by atoms with Crippen LogP contribution in [0.1, 0.15) is 12.8 Å². The predicted molar refractivity (Wildman–Crippen MR) is 29.1 cm³/mol. The predicted octanol–water partition coefficient (Wildman–Crippen LogP) is -0.985. The number of carbonyl (C=O) groups excluding carboxylic acids is 1. The summed E-state index contributed by atoms with van der Waals surface area (Å²) in [6, 6.07) is 0. The van der Waals surface area contributed by atoms with Gasteiger partial charge < -0.3 is 4.74 Å². The molecule has 0 aromatic rings. The molecule has 0 aliphatic carbocycles. The molecule has 0 amide bonds. The van der Waals surface area contributed by atoms with Gasteiger partial charge in [0.1, 0.15) is 0 Å². The Morgan fingerprint density at radius 3 is 2.71 bits per heavy atom. The van der Waals surface area contributed by atoms with Gasteiger partial charge in [0.05, 0.1) is 16.0 Å². The summed E-state index contributed by atoms with van der Waals surface area (Å²) in [7, 11) is 0.998. The van der Waals surface area contributed by atoms with Gasteiger partial charge in [-0.3, -0.25) is 4.79 Å². The van der Waals surface area contributed by atoms with Crippen LogP contribution in [0.25, 0.3) is 0 Å². The van der Waals surface area contributed by atoms with Gasteiger partial charge in [-0.25, -0.2) is 0 Å². The van der Waals surface area contributed by atoms with E-state index in [1.54, 1.807) is 0 Å². The normalized spacial score (nSPS) is 30.9. The molecule has 7 heavy (non-hydrogen) atoms. The van der Waals surface area contributed by atoms with Crippen LogP contribution in [0.2, 0.25) is 0 Å². The van der Waals surface area contributed by atoms with E-state index in [0.717, 1.165) is 16.7 Å². The van der Waals surface area contributed by atoms with Crippen LogP contribution in [-0.2, 0) is 9.53 Å². The first-order chi connectivity index (χ1) is 3.29. The standard InChI is InChI=1S/C4H8O2Si/c5-3-1-2-4(7)6-3/h4H,1-2H2,7H3. The molecule has 0 radical (unpaired) electrons. The Morgan fingerprint density at radius 1 is 1.86 bits per heavy atom. The highest BCUT2D eigenvalue weighted by atomic mass is 28.1. The van der Waals surface area contributed by atoms with Crippen LogP contribution in [0.4, 0.5) is 0 Å². The molecule has 1 saturated heterocycles. The SMILES string of the molecule is O=C1CCC([SiH3])O1. The highest BCUT2D eigenvalue weighted by Crippen LogP contribution is 2.08. The molecule has 0 aromatic heterocycles. The van der Waals surface area contributed by atoms with Crippen molar-refractivity contribution in [1.29, 1.82) is 0 Å². The molecule has 0 aromatic carbocycles. The molecule has 0 saturated carbocycles. The Kier molecular flexibility index (Phi) is 1.14. The third-order valence-corrected chi connectivity index (χ3v) is 1.90. The smallest absolute Gasteiger partial charge is 0.305 e. The largest absolute Gasteiger partial charge is 0.467 e. The summed E-state index contributed by atoms with van der Waals surface area (Å²) in [4.78, 5) is 10.3. The second-order valence-electron chi connectivity index (χ2n) is 1.84. The molecule has 3 heteroatoms. The molecule has 2 nitrogen and oxygen atoms in total. The molecule has 1 fully saturated rings. The molecule has 0 spiro atoms. The Labute approximate surface area is 45.3 Å². The summed E-state index contributed by atoms with van der Waals surface area (Å²) in [5, 5.41) is 0. The first-order valence-electron chi connectivity index (χ1n) is 2.48. The highest BCUT2D eigenvalue weighted by Gasteiger charge is 2.17. The maximum absolute atomic E-state index is 10.3. The Hall–Kier alpha value is -0.313. The molecule has 1 unspecified atom stereocenters. The molecular formula is C4H8O2Si. The van der Waals surface area contributed by atoms with E-state index in [0.29, 0.717) is 12.1 Å². The monoisotopic (exact) mass is 116 g/mol. The number of carbonyl (C=O) groups is 1. The van der Waals surface area contributed by atoms with Gasteiger partial charge in [0, 0.05) is 6.42 Å². The van der Waals surface area contributed by atoms with Crippen molar-refractivity contribution < 1.29 is 9.53 Å². The summed E-state index contributed by atoms with van der Waals surface area (Å²) in [5.41, 5.74) is 0.312. The maximum Gasteiger partial charge on any atom is 0.305 e. The quantitative estimate of drug-likeness (QED) is 0.300. The average Bonchev–Trinajstić information content (AvgIpc) is 1.87. The van der Waals surface area contributed by atoms with Crippen LogP contribution in [0.5, 0.6) is 0 Å². The van der Waals surface area contributed by atoms with E-state index in [1.807, 2.05) is 0 Å². The summed E-state index contributed by atoms with van der Waals surface area (Å²) in [6.45, 7) is 0. The lowest BCUT2D eigenvalue weighted by Gasteiger charge is -1.95. The van der Waals surface area contributed by atoms with Gasteiger partial charge in [-0.15, -0.1) is 0 Å². The lowest BCUT2D eigenvalue weighted by molar-refractivity contribution is -0.139. The van der Waals surface area contributed by atoms with Crippen molar-refractivity contribution in [3.05, 3.63) is 0 Å². The number of hydrogen-bond donors (Lipinski definition) is 0. The second-order valence-corrected chi connectivity index (χ2v) is 3.13. The van der Waals surface area contributed by atoms with Crippen LogP contribution >= 0.6 is 0 Å². The van der Waals surface area contributed by atoms with E-state index < -0.39 is 0 Å². The van der Waals surface area contributed by atoms with Gasteiger partial charge in [0.15, 0.2) is 0 Å². The number of esters is 1. The van der Waals surface area contributed by atoms with Crippen molar-refractivity contribution >= 4 is 16.2 Å². The van der Waals surface area contributed by atoms with E-state index in [1.165, 1.54) is 0 Å². The van der Waals surface area contributed by atoms with Crippen molar-refractivity contribution in [2.24, 2.45) is 0 Å². The zero-order valence-electron chi connectivity index (χ0n) is 4.31. The fourth-order valence-electron chi connectivity index (χ4n) is 0.663. The molecule has 1 aliphatic heterocycles. The Bertz CT molecular complexity index is 91.7. The minimum Gasteiger partial charge on any atom is -0.467 e. The Morgan fingerprint density at radius 2 is 2.57 bits per heavy atom. The van der Waals surface area contributed by atoms with E-state index in [2.05, 4.69) is 0 Å². The summed E-state index contributed by atoms with van der Waals surface area (Å²) in [5.74, 6) is -0.0139. The molecule has 1 rings (SSSR count). The van der Waals surface area contributed by atoms with Crippen molar-refractivity contribution in [3.63, 3.8) is 0 Å². The minimum absolute atomic E-state index is 0.0139. The topological polar surface area (TPSA) is 26.3 Å². The Balaban J connectivity index is 2.40. The third kappa shape index (κ3) is 1.02. The first kappa shape index (κ1) is 4.84. The van der Waals surface area contributed by atoms with E-state index in [9.17, 15) is 4.79 Å². The molecule has 1 atom stereocenters. The van der Waals surface area contributed by atoms with Gasteiger partial charge in [-0.1, -0.05) is 0 Å². The molecule has 0 N–H and O–H groups in total. The minimum atomic E-state index is -0.0139. The van der Waals surface area contributed by atoms with E-state index in [4.69, 9.17) is 4.74 Å². The van der Waals surface area contributed by atoms with Gasteiger partial charge >= 0.3 is 5.97 Å². The van der Waals surface area contributed by atoms with Crippen molar-refractivity contribution in [3.8, 4) is 0 Å². The fraction of sp³-hybridized carbons (Fsp3) is 0.750. The van der Waals surface area contributed by atoms with E-state index in [-0.39, 0.29) is 5.97 Å². The van der Waals surface area contributed by atoms with Crippen molar-refractivity contribution in [2.45, 2.75) is 18.6 Å². The lowest BCUT2D eigenvalue weighted by atomic mass is 10.4. The molecule has 0 bridgehead atoms.